The molecule has 2 atom stereocenters. The van der Waals surface area contributed by atoms with Gasteiger partial charge in [0.1, 0.15) is 0 Å². The first-order chi connectivity index (χ1) is 8.61. The van der Waals surface area contributed by atoms with Gasteiger partial charge in [0.2, 0.25) is 0 Å². The lowest BCUT2D eigenvalue weighted by Gasteiger charge is -2.16. The topological polar surface area (TPSA) is 12.4 Å². The van der Waals surface area contributed by atoms with Gasteiger partial charge in [-0.1, -0.05) is 38.6 Å². The van der Waals surface area contributed by atoms with Crippen LogP contribution in [-0.4, -0.2) is 12.3 Å². The van der Waals surface area contributed by atoms with Crippen molar-refractivity contribution in [1.29, 1.82) is 0 Å². The van der Waals surface area contributed by atoms with E-state index in [4.69, 9.17) is 4.99 Å². The number of hydrogen-bond acceptors (Lipinski definition) is 1. The average Bonchev–Trinajstić information content (AvgIpc) is 2.51. The molecule has 0 spiro atoms. The first-order valence-electron chi connectivity index (χ1n) is 6.89. The quantitative estimate of drug-likeness (QED) is 0.723. The summed E-state index contributed by atoms with van der Waals surface area (Å²) in [5.41, 5.74) is 5.06. The van der Waals surface area contributed by atoms with Crippen molar-refractivity contribution >= 4 is 11.8 Å². The Bertz CT molecular complexity index is 470. The molecule has 0 bridgehead atoms. The average molecular weight is 241 g/mol. The molecule has 96 valence electrons. The molecule has 1 aliphatic rings. The van der Waals surface area contributed by atoms with Crippen LogP contribution < -0.4 is 0 Å². The van der Waals surface area contributed by atoms with Crippen LogP contribution in [0.4, 0.5) is 0 Å². The van der Waals surface area contributed by atoms with Crippen LogP contribution in [-0.2, 0) is 0 Å². The van der Waals surface area contributed by atoms with Crippen LogP contribution in [0.25, 0.3) is 6.08 Å². The number of aliphatic imine (C=N–C) groups is 1. The Kier molecular flexibility index (Phi) is 4.00. The first-order valence-corrected chi connectivity index (χ1v) is 6.89. The minimum atomic E-state index is 0.558. The summed E-state index contributed by atoms with van der Waals surface area (Å²) in [7, 11) is 0. The van der Waals surface area contributed by atoms with Crippen molar-refractivity contribution in [2.75, 3.05) is 6.54 Å². The highest BCUT2D eigenvalue weighted by Gasteiger charge is 2.19. The third-order valence-electron chi connectivity index (χ3n) is 3.92. The van der Waals surface area contributed by atoms with Gasteiger partial charge in [-0.25, -0.2) is 0 Å². The molecule has 0 N–H and O–H groups in total. The molecule has 1 aliphatic heterocycles. The molecule has 1 nitrogen and oxygen atoms in total. The maximum absolute atomic E-state index is 4.81. The van der Waals surface area contributed by atoms with Crippen LogP contribution in [0.5, 0.6) is 0 Å². The molecule has 1 heterocycles. The molecule has 0 saturated carbocycles. The Hall–Kier alpha value is -1.37. The maximum atomic E-state index is 4.81. The summed E-state index contributed by atoms with van der Waals surface area (Å²) >= 11 is 0. The van der Waals surface area contributed by atoms with Crippen LogP contribution in [0, 0.1) is 18.8 Å². The molecule has 1 aromatic carbocycles. The summed E-state index contributed by atoms with van der Waals surface area (Å²) in [5.74, 6) is 1.34. The van der Waals surface area contributed by atoms with E-state index < -0.39 is 0 Å². The van der Waals surface area contributed by atoms with E-state index in [1.807, 2.05) is 6.08 Å². The van der Waals surface area contributed by atoms with Gasteiger partial charge >= 0.3 is 0 Å². The van der Waals surface area contributed by atoms with Gasteiger partial charge < -0.3 is 0 Å². The molecule has 2 rings (SSSR count). The molecule has 1 heteroatoms. The normalized spacial score (nSPS) is 24.3. The number of aryl methyl sites for hydroxylation is 1. The Morgan fingerprint density at radius 3 is 2.83 bits per heavy atom. The molecular weight excluding hydrogens is 218 g/mol. The standard InChI is InChI=1S/C17H23N/c1-5-15-11-16(7-6-13(15)3)17-14(4)10-12(2)8-9-18-17/h5-7,11-12,14H,1,8-10H2,2-4H3. The molecule has 18 heavy (non-hydrogen) atoms. The Morgan fingerprint density at radius 2 is 2.11 bits per heavy atom. The fraction of sp³-hybridized carbons (Fsp3) is 0.471. The van der Waals surface area contributed by atoms with E-state index in [1.54, 1.807) is 0 Å². The first kappa shape index (κ1) is 13.1. The monoisotopic (exact) mass is 241 g/mol. The van der Waals surface area contributed by atoms with Crippen LogP contribution in [0.3, 0.4) is 0 Å². The van der Waals surface area contributed by atoms with Gasteiger partial charge in [0.25, 0.3) is 0 Å². The summed E-state index contributed by atoms with van der Waals surface area (Å²) in [6.07, 6.45) is 4.40. The van der Waals surface area contributed by atoms with Crippen LogP contribution >= 0.6 is 0 Å². The lowest BCUT2D eigenvalue weighted by atomic mass is 9.89. The van der Waals surface area contributed by atoms with Crippen LogP contribution in [0.2, 0.25) is 0 Å². The number of hydrogen-bond donors (Lipinski definition) is 0. The maximum Gasteiger partial charge on any atom is 0.0448 e. The van der Waals surface area contributed by atoms with Crippen molar-refractivity contribution in [2.24, 2.45) is 16.8 Å². The Balaban J connectivity index is 2.35. The number of benzene rings is 1. The Labute approximate surface area is 111 Å². The highest BCUT2D eigenvalue weighted by Crippen LogP contribution is 2.25. The molecule has 0 aliphatic carbocycles. The SMILES string of the molecule is C=Cc1cc(C2=NCCC(C)CC2C)ccc1C. The van der Waals surface area contributed by atoms with Gasteiger partial charge in [0.15, 0.2) is 0 Å². The van der Waals surface area contributed by atoms with Crippen molar-refractivity contribution < 1.29 is 0 Å². The molecule has 2 unspecified atom stereocenters. The van der Waals surface area contributed by atoms with Gasteiger partial charge in [0, 0.05) is 12.3 Å². The lowest BCUT2D eigenvalue weighted by Crippen LogP contribution is -2.13. The fourth-order valence-corrected chi connectivity index (χ4v) is 2.79. The third-order valence-corrected chi connectivity index (χ3v) is 3.92. The molecular formula is C17H23N. The van der Waals surface area contributed by atoms with Crippen molar-refractivity contribution in [3.63, 3.8) is 0 Å². The summed E-state index contributed by atoms with van der Waals surface area (Å²) in [4.78, 5) is 4.81. The third kappa shape index (κ3) is 2.72. The fourth-order valence-electron chi connectivity index (χ4n) is 2.79. The van der Waals surface area contributed by atoms with Crippen LogP contribution in [0.15, 0.2) is 29.8 Å². The van der Waals surface area contributed by atoms with Crippen molar-refractivity contribution in [3.8, 4) is 0 Å². The largest absolute Gasteiger partial charge is 0.289 e. The highest BCUT2D eigenvalue weighted by molar-refractivity contribution is 6.02. The summed E-state index contributed by atoms with van der Waals surface area (Å²) in [6.45, 7) is 11.6. The predicted molar refractivity (Wildman–Crippen MR) is 80.2 cm³/mol. The second-order valence-corrected chi connectivity index (χ2v) is 5.57. The summed E-state index contributed by atoms with van der Waals surface area (Å²) < 4.78 is 0. The smallest absolute Gasteiger partial charge is 0.0448 e. The van der Waals surface area contributed by atoms with Gasteiger partial charge in [0.05, 0.1) is 0 Å². The molecule has 0 fully saturated rings. The number of rotatable bonds is 2. The van der Waals surface area contributed by atoms with Gasteiger partial charge in [-0.3, -0.25) is 4.99 Å². The van der Waals surface area contributed by atoms with Crippen molar-refractivity contribution in [2.45, 2.75) is 33.6 Å². The van der Waals surface area contributed by atoms with E-state index >= 15 is 0 Å². The summed E-state index contributed by atoms with van der Waals surface area (Å²) in [6, 6.07) is 6.61. The second kappa shape index (κ2) is 5.51. The zero-order valence-corrected chi connectivity index (χ0v) is 11.7. The van der Waals surface area contributed by atoms with Gasteiger partial charge in [-0.05, 0) is 54.4 Å². The van der Waals surface area contributed by atoms with E-state index in [-0.39, 0.29) is 0 Å². The molecule has 0 radical (unpaired) electrons. The van der Waals surface area contributed by atoms with E-state index in [1.165, 1.54) is 35.2 Å². The van der Waals surface area contributed by atoms with Gasteiger partial charge in [-0.2, -0.15) is 0 Å². The van der Waals surface area contributed by atoms with E-state index in [0.717, 1.165) is 12.5 Å². The van der Waals surface area contributed by atoms with E-state index in [0.29, 0.717) is 5.92 Å². The molecule has 0 amide bonds. The van der Waals surface area contributed by atoms with E-state index in [2.05, 4.69) is 45.5 Å². The zero-order chi connectivity index (χ0) is 13.1. The second-order valence-electron chi connectivity index (χ2n) is 5.57. The molecule has 1 aromatic rings. The van der Waals surface area contributed by atoms with Crippen molar-refractivity contribution in [3.05, 3.63) is 41.5 Å². The predicted octanol–water partition coefficient (Wildman–Crippen LogP) is 4.49. The summed E-state index contributed by atoms with van der Waals surface area (Å²) in [5, 5.41) is 0. The van der Waals surface area contributed by atoms with E-state index in [9.17, 15) is 0 Å². The highest BCUT2D eigenvalue weighted by atomic mass is 14.7. The minimum Gasteiger partial charge on any atom is -0.289 e. The minimum absolute atomic E-state index is 0.558. The molecule has 0 saturated heterocycles. The number of nitrogens with zero attached hydrogens (tertiary/aromatic N) is 1. The lowest BCUT2D eigenvalue weighted by molar-refractivity contribution is 0.472. The zero-order valence-electron chi connectivity index (χ0n) is 11.7. The molecule has 0 aromatic heterocycles. The Morgan fingerprint density at radius 1 is 1.33 bits per heavy atom. The van der Waals surface area contributed by atoms with Crippen LogP contribution in [0.1, 0.15) is 43.4 Å². The van der Waals surface area contributed by atoms with Gasteiger partial charge in [-0.15, -0.1) is 0 Å². The van der Waals surface area contributed by atoms with Crippen molar-refractivity contribution in [1.82, 2.24) is 0 Å².